The number of pyridine rings is 1. The maximum atomic E-state index is 13.4. The Balaban J connectivity index is 1.64. The SMILES string of the molecule is Cc1noc2nc(-c3ccco3)cc(C(=O)N(C)c3nc4ccccc4s3)c12. The smallest absolute Gasteiger partial charge is 0.260 e. The minimum Gasteiger partial charge on any atom is -0.463 e. The average molecular weight is 390 g/mol. The molecule has 5 aromatic rings. The molecule has 1 amide bonds. The number of fused-ring (bicyclic) bond motifs is 2. The number of carbonyl (C=O) groups excluding carboxylic acids is 1. The molecule has 28 heavy (non-hydrogen) atoms. The van der Waals surface area contributed by atoms with E-state index in [1.807, 2.05) is 24.3 Å². The molecule has 0 fully saturated rings. The Morgan fingerprint density at radius 1 is 1.14 bits per heavy atom. The molecule has 138 valence electrons. The highest BCUT2D eigenvalue weighted by molar-refractivity contribution is 7.22. The standard InChI is InChI=1S/C20H14N4O3S/c1-11-17-12(10-14(15-7-5-9-26-15)21-18(17)27-23-11)19(25)24(2)20-22-13-6-3-4-8-16(13)28-20/h3-10H,1-2H3. The third kappa shape index (κ3) is 2.57. The molecule has 0 bridgehead atoms. The first-order chi connectivity index (χ1) is 13.6. The zero-order valence-corrected chi connectivity index (χ0v) is 15.9. The Kier molecular flexibility index (Phi) is 3.73. The first-order valence-electron chi connectivity index (χ1n) is 8.56. The molecule has 8 heteroatoms. The summed E-state index contributed by atoms with van der Waals surface area (Å²) in [6.07, 6.45) is 1.56. The summed E-state index contributed by atoms with van der Waals surface area (Å²) in [5.74, 6) is 0.332. The minimum atomic E-state index is -0.217. The van der Waals surface area contributed by atoms with Crippen LogP contribution in [0.15, 0.2) is 57.7 Å². The van der Waals surface area contributed by atoms with Crippen LogP contribution in [0, 0.1) is 6.92 Å². The number of rotatable bonds is 3. The number of furan rings is 1. The van der Waals surface area contributed by atoms with Crippen molar-refractivity contribution in [2.75, 3.05) is 11.9 Å². The van der Waals surface area contributed by atoms with Crippen molar-refractivity contribution in [1.29, 1.82) is 0 Å². The van der Waals surface area contributed by atoms with Crippen molar-refractivity contribution in [3.05, 3.63) is 60.0 Å². The molecule has 0 atom stereocenters. The Hall–Kier alpha value is -3.52. The number of benzene rings is 1. The molecule has 0 saturated heterocycles. The van der Waals surface area contributed by atoms with Gasteiger partial charge in [0.15, 0.2) is 10.9 Å². The lowest BCUT2D eigenvalue weighted by atomic mass is 10.1. The number of nitrogens with zero attached hydrogens (tertiary/aromatic N) is 4. The number of carbonyl (C=O) groups is 1. The first kappa shape index (κ1) is 16.6. The summed E-state index contributed by atoms with van der Waals surface area (Å²) in [6.45, 7) is 1.79. The van der Waals surface area contributed by atoms with Crippen molar-refractivity contribution in [2.24, 2.45) is 0 Å². The van der Waals surface area contributed by atoms with Gasteiger partial charge in [-0.3, -0.25) is 9.69 Å². The van der Waals surface area contributed by atoms with Crippen LogP contribution in [0.1, 0.15) is 16.1 Å². The summed E-state index contributed by atoms with van der Waals surface area (Å²) in [5.41, 5.74) is 2.72. The third-order valence-electron chi connectivity index (χ3n) is 4.50. The maximum Gasteiger partial charge on any atom is 0.260 e. The van der Waals surface area contributed by atoms with E-state index in [0.717, 1.165) is 10.2 Å². The predicted molar refractivity (Wildman–Crippen MR) is 107 cm³/mol. The summed E-state index contributed by atoms with van der Waals surface area (Å²) in [6, 6.07) is 13.0. The van der Waals surface area contributed by atoms with E-state index < -0.39 is 0 Å². The van der Waals surface area contributed by atoms with Crippen LogP contribution >= 0.6 is 11.3 Å². The summed E-state index contributed by atoms with van der Waals surface area (Å²) in [7, 11) is 1.71. The van der Waals surface area contributed by atoms with Gasteiger partial charge in [-0.15, -0.1) is 0 Å². The van der Waals surface area contributed by atoms with Gasteiger partial charge in [-0.2, -0.15) is 0 Å². The largest absolute Gasteiger partial charge is 0.463 e. The molecule has 0 spiro atoms. The number of hydrogen-bond donors (Lipinski definition) is 0. The fourth-order valence-corrected chi connectivity index (χ4v) is 4.01. The average Bonchev–Trinajstić information content (AvgIpc) is 3.46. The zero-order chi connectivity index (χ0) is 19.3. The normalized spacial score (nSPS) is 11.4. The van der Waals surface area contributed by atoms with Gasteiger partial charge in [0, 0.05) is 7.05 Å². The lowest BCUT2D eigenvalue weighted by molar-refractivity contribution is 0.0994. The van der Waals surface area contributed by atoms with Crippen LogP contribution in [-0.4, -0.2) is 28.1 Å². The second-order valence-corrected chi connectivity index (χ2v) is 7.32. The van der Waals surface area contributed by atoms with Gasteiger partial charge in [-0.05, 0) is 37.3 Å². The molecule has 0 aliphatic heterocycles. The molecule has 4 heterocycles. The highest BCUT2D eigenvalue weighted by Crippen LogP contribution is 2.32. The number of para-hydroxylation sites is 1. The van der Waals surface area contributed by atoms with E-state index in [9.17, 15) is 4.79 Å². The van der Waals surface area contributed by atoms with E-state index in [-0.39, 0.29) is 5.91 Å². The molecule has 4 aromatic heterocycles. The number of thiazole rings is 1. The van der Waals surface area contributed by atoms with Gasteiger partial charge >= 0.3 is 0 Å². The molecule has 1 aromatic carbocycles. The van der Waals surface area contributed by atoms with Crippen LogP contribution in [0.2, 0.25) is 0 Å². The fourth-order valence-electron chi connectivity index (χ4n) is 3.08. The molecule has 0 saturated carbocycles. The lowest BCUT2D eigenvalue weighted by Gasteiger charge is -2.14. The molecule has 5 rings (SSSR count). The first-order valence-corrected chi connectivity index (χ1v) is 9.38. The van der Waals surface area contributed by atoms with Crippen molar-refractivity contribution >= 4 is 43.7 Å². The highest BCUT2D eigenvalue weighted by atomic mass is 32.1. The molecule has 0 N–H and O–H groups in total. The summed E-state index contributed by atoms with van der Waals surface area (Å²) >= 11 is 1.46. The summed E-state index contributed by atoms with van der Waals surface area (Å²) in [5, 5.41) is 5.18. The summed E-state index contributed by atoms with van der Waals surface area (Å²) in [4.78, 5) is 23.9. The minimum absolute atomic E-state index is 0.217. The molecule has 0 radical (unpaired) electrons. The van der Waals surface area contributed by atoms with E-state index in [2.05, 4.69) is 15.1 Å². The van der Waals surface area contributed by atoms with Crippen LogP contribution in [0.5, 0.6) is 0 Å². The van der Waals surface area contributed by atoms with Gasteiger partial charge in [0.1, 0.15) is 5.69 Å². The monoisotopic (exact) mass is 390 g/mol. The lowest BCUT2D eigenvalue weighted by Crippen LogP contribution is -2.26. The van der Waals surface area contributed by atoms with Gasteiger partial charge in [0.25, 0.3) is 11.6 Å². The number of aromatic nitrogens is 3. The Morgan fingerprint density at radius 2 is 2.00 bits per heavy atom. The molecule has 0 unspecified atom stereocenters. The van der Waals surface area contributed by atoms with E-state index in [4.69, 9.17) is 8.94 Å². The van der Waals surface area contributed by atoms with Crippen molar-refractivity contribution in [1.82, 2.24) is 15.1 Å². The maximum absolute atomic E-state index is 13.4. The van der Waals surface area contributed by atoms with Crippen LogP contribution in [-0.2, 0) is 0 Å². The van der Waals surface area contributed by atoms with Gasteiger partial charge in [0.05, 0.1) is 33.1 Å². The van der Waals surface area contributed by atoms with Crippen LogP contribution in [0.3, 0.4) is 0 Å². The third-order valence-corrected chi connectivity index (χ3v) is 5.61. The number of anilines is 1. The van der Waals surface area contributed by atoms with Crippen molar-refractivity contribution < 1.29 is 13.7 Å². The van der Waals surface area contributed by atoms with E-state index in [1.54, 1.807) is 38.4 Å². The Bertz CT molecular complexity index is 1290. The molecule has 0 aliphatic carbocycles. The molecular weight excluding hydrogens is 376 g/mol. The number of aryl methyl sites for hydroxylation is 1. The zero-order valence-electron chi connectivity index (χ0n) is 15.0. The van der Waals surface area contributed by atoms with Gasteiger partial charge in [-0.1, -0.05) is 28.6 Å². The second kappa shape index (κ2) is 6.28. The van der Waals surface area contributed by atoms with Gasteiger partial charge in [0.2, 0.25) is 0 Å². The van der Waals surface area contributed by atoms with Crippen LogP contribution < -0.4 is 4.90 Å². The van der Waals surface area contributed by atoms with Gasteiger partial charge < -0.3 is 8.94 Å². The van der Waals surface area contributed by atoms with E-state index in [1.165, 1.54) is 16.2 Å². The van der Waals surface area contributed by atoms with Crippen LogP contribution in [0.4, 0.5) is 5.13 Å². The van der Waals surface area contributed by atoms with Crippen molar-refractivity contribution in [2.45, 2.75) is 6.92 Å². The number of hydrogen-bond acceptors (Lipinski definition) is 7. The summed E-state index contributed by atoms with van der Waals surface area (Å²) < 4.78 is 11.8. The van der Waals surface area contributed by atoms with Crippen molar-refractivity contribution in [3.63, 3.8) is 0 Å². The van der Waals surface area contributed by atoms with E-state index in [0.29, 0.717) is 38.9 Å². The Morgan fingerprint density at radius 3 is 2.79 bits per heavy atom. The highest BCUT2D eigenvalue weighted by Gasteiger charge is 2.24. The van der Waals surface area contributed by atoms with Crippen molar-refractivity contribution in [3.8, 4) is 11.5 Å². The van der Waals surface area contributed by atoms with E-state index >= 15 is 0 Å². The predicted octanol–water partition coefficient (Wildman–Crippen LogP) is 4.68. The topological polar surface area (TPSA) is 85.3 Å². The second-order valence-electron chi connectivity index (χ2n) is 6.31. The fraction of sp³-hybridized carbons (Fsp3) is 0.100. The number of amides is 1. The van der Waals surface area contributed by atoms with Crippen LogP contribution in [0.25, 0.3) is 32.8 Å². The Labute approximate surface area is 163 Å². The quantitative estimate of drug-likeness (QED) is 0.445. The molecule has 0 aliphatic rings. The molecular formula is C20H14N4O3S. The molecule has 7 nitrogen and oxygen atoms in total. The van der Waals surface area contributed by atoms with Gasteiger partial charge in [-0.25, -0.2) is 9.97 Å².